The van der Waals surface area contributed by atoms with Crippen LogP contribution < -0.4 is 21.2 Å². The third-order valence-corrected chi connectivity index (χ3v) is 12.3. The van der Waals surface area contributed by atoms with Crippen LogP contribution in [0.3, 0.4) is 0 Å². The lowest BCUT2D eigenvalue weighted by Gasteiger charge is -2.27. The normalized spacial score (nSPS) is 11.3. The second-order valence-corrected chi connectivity index (χ2v) is 14.3. The quantitative estimate of drug-likeness (QED) is 0.0785. The van der Waals surface area contributed by atoms with E-state index in [0.717, 1.165) is 12.8 Å². The fraction of sp³-hybridized carbons (Fsp3) is 0.306. The first kappa shape index (κ1) is 30.3. The standard InChI is InChI=1S/C36H42NO3P/c38-34-25-24-30(28-35(34)39)29-36(40)37-26-16-5-3-1-2-4-6-17-27-41(31-18-10-7-11-19-31,32-20-12-8-13-21-32)33-22-14-9-15-23-33/h7-15,18-25,28H,1-6,16-17,26-27,29H2,(H2-,37,38,39,40)/p+1. The van der Waals surface area contributed by atoms with E-state index in [-0.39, 0.29) is 23.8 Å². The number of unbranched alkanes of at least 4 members (excludes halogenated alkanes) is 7. The average Bonchev–Trinajstić information content (AvgIpc) is 3.01. The smallest absolute Gasteiger partial charge is 0.224 e. The lowest BCUT2D eigenvalue weighted by Crippen LogP contribution is -2.33. The highest BCUT2D eigenvalue weighted by molar-refractivity contribution is 7.95. The first-order valence-electron chi connectivity index (χ1n) is 14.9. The molecule has 0 saturated heterocycles. The number of rotatable bonds is 16. The Hall–Kier alpha value is -3.62. The third kappa shape index (κ3) is 8.68. The van der Waals surface area contributed by atoms with E-state index in [2.05, 4.69) is 96.3 Å². The van der Waals surface area contributed by atoms with E-state index in [1.807, 2.05) is 0 Å². The van der Waals surface area contributed by atoms with Crippen LogP contribution in [0.1, 0.15) is 56.9 Å². The molecule has 0 fully saturated rings. The molecule has 1 amide bonds. The van der Waals surface area contributed by atoms with Crippen LogP contribution in [0.5, 0.6) is 11.5 Å². The molecule has 0 aliphatic heterocycles. The molecule has 0 aromatic heterocycles. The lowest BCUT2D eigenvalue weighted by molar-refractivity contribution is -0.120. The number of benzene rings is 4. The van der Waals surface area contributed by atoms with E-state index in [9.17, 15) is 15.0 Å². The number of carbonyl (C=O) groups excluding carboxylic acids is 1. The van der Waals surface area contributed by atoms with Crippen LogP contribution in [0.15, 0.2) is 109 Å². The number of hydrogen-bond acceptors (Lipinski definition) is 3. The first-order chi connectivity index (χ1) is 20.1. The number of hydrogen-bond donors (Lipinski definition) is 3. The molecule has 0 aliphatic rings. The molecule has 0 radical (unpaired) electrons. The predicted octanol–water partition coefficient (Wildman–Crippen LogP) is 6.87. The zero-order valence-electron chi connectivity index (χ0n) is 23.9. The number of aromatic hydroxyl groups is 2. The van der Waals surface area contributed by atoms with Crippen molar-refractivity contribution in [2.24, 2.45) is 0 Å². The van der Waals surface area contributed by atoms with Gasteiger partial charge in [0.1, 0.15) is 23.2 Å². The molecule has 4 nitrogen and oxygen atoms in total. The van der Waals surface area contributed by atoms with Gasteiger partial charge in [0.15, 0.2) is 11.5 Å². The van der Waals surface area contributed by atoms with Crippen molar-refractivity contribution in [1.29, 1.82) is 0 Å². The summed E-state index contributed by atoms with van der Waals surface area (Å²) >= 11 is 0. The molecule has 0 unspecified atom stereocenters. The van der Waals surface area contributed by atoms with Crippen molar-refractivity contribution in [2.45, 2.75) is 57.8 Å². The van der Waals surface area contributed by atoms with Crippen molar-refractivity contribution in [3.63, 3.8) is 0 Å². The molecular weight excluding hydrogens is 525 g/mol. The van der Waals surface area contributed by atoms with Gasteiger partial charge in [0.25, 0.3) is 0 Å². The van der Waals surface area contributed by atoms with Crippen molar-refractivity contribution in [1.82, 2.24) is 5.32 Å². The first-order valence-corrected chi connectivity index (χ1v) is 16.9. The van der Waals surface area contributed by atoms with Crippen LogP contribution in [0.25, 0.3) is 0 Å². The molecule has 4 aromatic carbocycles. The maximum Gasteiger partial charge on any atom is 0.224 e. The maximum atomic E-state index is 12.1. The Labute approximate surface area is 245 Å². The zero-order valence-corrected chi connectivity index (χ0v) is 24.8. The summed E-state index contributed by atoms with van der Waals surface area (Å²) in [6.07, 6.45) is 10.9. The molecule has 0 saturated carbocycles. The summed E-state index contributed by atoms with van der Waals surface area (Å²) in [6.45, 7) is 0.674. The van der Waals surface area contributed by atoms with Gasteiger partial charge in [0, 0.05) is 6.54 Å². The lowest BCUT2D eigenvalue weighted by atomic mass is 10.1. The second kappa shape index (κ2) is 16.0. The van der Waals surface area contributed by atoms with Crippen LogP contribution in [0.2, 0.25) is 0 Å². The van der Waals surface area contributed by atoms with Gasteiger partial charge in [-0.05, 0) is 73.4 Å². The predicted molar refractivity (Wildman–Crippen MR) is 173 cm³/mol. The molecule has 0 heterocycles. The Balaban J connectivity index is 1.18. The van der Waals surface area contributed by atoms with Crippen molar-refractivity contribution in [3.8, 4) is 11.5 Å². The summed E-state index contributed by atoms with van der Waals surface area (Å²) in [6, 6.07) is 37.9. The summed E-state index contributed by atoms with van der Waals surface area (Å²) < 4.78 is 0. The van der Waals surface area contributed by atoms with E-state index >= 15 is 0 Å². The summed E-state index contributed by atoms with van der Waals surface area (Å²) in [5.41, 5.74) is 0.688. The second-order valence-electron chi connectivity index (χ2n) is 10.7. The summed E-state index contributed by atoms with van der Waals surface area (Å²) in [4.78, 5) is 12.1. The molecule has 0 atom stereocenters. The van der Waals surface area contributed by atoms with Crippen LogP contribution in [-0.4, -0.2) is 28.8 Å². The number of phenolic OH excluding ortho intramolecular Hbond substituents is 2. The molecule has 3 N–H and O–H groups in total. The molecular formula is C36H43NO3P+. The summed E-state index contributed by atoms with van der Waals surface area (Å²) in [7, 11) is -1.72. The van der Waals surface area contributed by atoms with Crippen LogP contribution >= 0.6 is 7.26 Å². The number of phenols is 2. The molecule has 4 rings (SSSR count). The fourth-order valence-corrected chi connectivity index (χ4v) is 9.98. The number of amides is 1. The Kier molecular flexibility index (Phi) is 11.8. The van der Waals surface area contributed by atoms with Crippen molar-refractivity contribution in [3.05, 3.63) is 115 Å². The minimum absolute atomic E-state index is 0.0597. The SMILES string of the molecule is O=C(Cc1ccc(O)c(O)c1)NCCCCCCCCCC[P+](c1ccccc1)(c1ccccc1)c1ccccc1. The number of nitrogens with one attached hydrogen (secondary N) is 1. The van der Waals surface area contributed by atoms with Crippen molar-refractivity contribution < 1.29 is 15.0 Å². The molecule has 0 aliphatic carbocycles. The van der Waals surface area contributed by atoms with E-state index in [0.29, 0.717) is 12.1 Å². The van der Waals surface area contributed by atoms with E-state index in [1.165, 1.54) is 72.7 Å². The van der Waals surface area contributed by atoms with Crippen LogP contribution in [0.4, 0.5) is 0 Å². The monoisotopic (exact) mass is 568 g/mol. The summed E-state index contributed by atoms with van der Waals surface area (Å²) in [5, 5.41) is 26.3. The highest BCUT2D eigenvalue weighted by Crippen LogP contribution is 2.56. The third-order valence-electron chi connectivity index (χ3n) is 7.74. The molecule has 4 aromatic rings. The fourth-order valence-electron chi connectivity index (χ4n) is 5.57. The van der Waals surface area contributed by atoms with E-state index in [1.54, 1.807) is 6.07 Å². The molecule has 5 heteroatoms. The maximum absolute atomic E-state index is 12.1. The van der Waals surface area contributed by atoms with Gasteiger partial charge < -0.3 is 15.5 Å². The minimum Gasteiger partial charge on any atom is -0.504 e. The highest BCUT2D eigenvalue weighted by Gasteiger charge is 2.44. The van der Waals surface area contributed by atoms with Crippen molar-refractivity contribution >= 4 is 29.1 Å². The van der Waals surface area contributed by atoms with Gasteiger partial charge in [-0.25, -0.2) is 0 Å². The Morgan fingerprint density at radius 1 is 0.561 bits per heavy atom. The van der Waals surface area contributed by atoms with Gasteiger partial charge in [-0.3, -0.25) is 4.79 Å². The van der Waals surface area contributed by atoms with Crippen LogP contribution in [-0.2, 0) is 11.2 Å². The molecule has 214 valence electrons. The van der Waals surface area contributed by atoms with Crippen molar-refractivity contribution in [2.75, 3.05) is 12.7 Å². The minimum atomic E-state index is -1.72. The summed E-state index contributed by atoms with van der Waals surface area (Å²) in [5.74, 6) is -0.425. The molecule has 0 spiro atoms. The van der Waals surface area contributed by atoms with E-state index in [4.69, 9.17) is 0 Å². The highest BCUT2D eigenvalue weighted by atomic mass is 31.2. The van der Waals surface area contributed by atoms with E-state index < -0.39 is 7.26 Å². The Morgan fingerprint density at radius 3 is 1.51 bits per heavy atom. The Morgan fingerprint density at radius 2 is 1.02 bits per heavy atom. The largest absolute Gasteiger partial charge is 0.504 e. The van der Waals surface area contributed by atoms with Gasteiger partial charge in [-0.1, -0.05) is 92.8 Å². The zero-order chi connectivity index (χ0) is 28.8. The van der Waals surface area contributed by atoms with Gasteiger partial charge >= 0.3 is 0 Å². The average molecular weight is 569 g/mol. The number of carbonyl (C=O) groups is 1. The van der Waals surface area contributed by atoms with Gasteiger partial charge in [-0.2, -0.15) is 0 Å². The Bertz CT molecular complexity index is 1230. The van der Waals surface area contributed by atoms with Crippen LogP contribution in [0, 0.1) is 0 Å². The van der Waals surface area contributed by atoms with Gasteiger partial charge in [0.05, 0.1) is 12.6 Å². The molecule has 0 bridgehead atoms. The molecule has 41 heavy (non-hydrogen) atoms. The van der Waals surface area contributed by atoms with Gasteiger partial charge in [0.2, 0.25) is 5.91 Å². The van der Waals surface area contributed by atoms with Gasteiger partial charge in [-0.15, -0.1) is 0 Å². The topological polar surface area (TPSA) is 69.6 Å².